The Morgan fingerprint density at radius 1 is 1.59 bits per heavy atom. The molecule has 0 aromatic heterocycles. The predicted molar refractivity (Wildman–Crippen MR) is 68.8 cm³/mol. The Bertz CT molecular complexity index is 458. The molecule has 1 unspecified atom stereocenters. The first-order chi connectivity index (χ1) is 7.95. The monoisotopic (exact) mass is 254 g/mol. The molecule has 3 N–H and O–H groups in total. The van der Waals surface area contributed by atoms with E-state index in [2.05, 4.69) is 4.99 Å². The molecule has 4 nitrogen and oxygen atoms in total. The predicted octanol–water partition coefficient (Wildman–Crippen LogP) is 2.25. The Hall–Kier alpha value is -1.39. The van der Waals surface area contributed by atoms with Crippen LogP contribution < -0.4 is 5.73 Å². The minimum absolute atomic E-state index is 0.115. The normalized spacial score (nSPS) is 13.5. The van der Waals surface area contributed by atoms with E-state index in [0.29, 0.717) is 10.6 Å². The van der Waals surface area contributed by atoms with Crippen LogP contribution in [0.5, 0.6) is 0 Å². The number of benzene rings is 1. The molecule has 0 saturated heterocycles. The first-order valence-electron chi connectivity index (χ1n) is 5.16. The summed E-state index contributed by atoms with van der Waals surface area (Å²) in [5.41, 5.74) is 8.13. The van der Waals surface area contributed by atoms with E-state index in [0.717, 1.165) is 11.3 Å². The van der Waals surface area contributed by atoms with E-state index in [4.69, 9.17) is 22.4 Å². The Morgan fingerprint density at radius 3 is 2.71 bits per heavy atom. The Balaban J connectivity index is 3.00. The van der Waals surface area contributed by atoms with Gasteiger partial charge in [-0.1, -0.05) is 23.7 Å². The van der Waals surface area contributed by atoms with Crippen molar-refractivity contribution >= 4 is 23.3 Å². The quantitative estimate of drug-likeness (QED) is 0.809. The van der Waals surface area contributed by atoms with Crippen molar-refractivity contribution in [3.8, 4) is 0 Å². The highest BCUT2D eigenvalue weighted by molar-refractivity contribution is 6.34. The lowest BCUT2D eigenvalue weighted by Crippen LogP contribution is -2.15. The van der Waals surface area contributed by atoms with E-state index in [1.165, 1.54) is 0 Å². The summed E-state index contributed by atoms with van der Waals surface area (Å²) in [6.45, 7) is 1.86. The van der Waals surface area contributed by atoms with Gasteiger partial charge in [0.05, 0.1) is 6.42 Å². The number of rotatable bonds is 4. The van der Waals surface area contributed by atoms with Crippen LogP contribution in [0.3, 0.4) is 0 Å². The summed E-state index contributed by atoms with van der Waals surface area (Å²) in [6.07, 6.45) is -0.115. The van der Waals surface area contributed by atoms with Crippen molar-refractivity contribution in [3.63, 3.8) is 0 Å². The average Bonchev–Trinajstić information content (AvgIpc) is 2.27. The van der Waals surface area contributed by atoms with Gasteiger partial charge < -0.3 is 10.8 Å². The summed E-state index contributed by atoms with van der Waals surface area (Å²) in [5.74, 6) is -0.927. The lowest BCUT2D eigenvalue weighted by atomic mass is 10.0. The number of nitrogens with zero attached hydrogens (tertiary/aromatic N) is 1. The average molecular weight is 255 g/mol. The van der Waals surface area contributed by atoms with Gasteiger partial charge in [0.15, 0.2) is 0 Å². The van der Waals surface area contributed by atoms with Crippen LogP contribution in [0, 0.1) is 0 Å². The summed E-state index contributed by atoms with van der Waals surface area (Å²) >= 11 is 6.10. The second kappa shape index (κ2) is 5.80. The number of halogens is 1. The Kier molecular flexibility index (Phi) is 4.66. The molecular weight excluding hydrogens is 240 g/mol. The molecule has 0 heterocycles. The van der Waals surface area contributed by atoms with Crippen LogP contribution in [0.1, 0.15) is 30.5 Å². The summed E-state index contributed by atoms with van der Waals surface area (Å²) in [5, 5.41) is 9.20. The maximum absolute atomic E-state index is 10.6. The van der Waals surface area contributed by atoms with Crippen LogP contribution in [0.2, 0.25) is 5.02 Å². The SMILES string of the molecule is CN=C(C)c1ccc(C(N)CC(=O)O)cc1Cl. The molecule has 5 heteroatoms. The van der Waals surface area contributed by atoms with E-state index in [1.54, 1.807) is 19.2 Å². The molecule has 1 rings (SSSR count). The van der Waals surface area contributed by atoms with Gasteiger partial charge in [0.25, 0.3) is 0 Å². The van der Waals surface area contributed by atoms with Crippen LogP contribution in [-0.4, -0.2) is 23.8 Å². The summed E-state index contributed by atoms with van der Waals surface area (Å²) in [4.78, 5) is 14.6. The summed E-state index contributed by atoms with van der Waals surface area (Å²) in [7, 11) is 1.69. The molecule has 0 aliphatic heterocycles. The van der Waals surface area contributed by atoms with Gasteiger partial charge in [-0.05, 0) is 18.6 Å². The molecule has 17 heavy (non-hydrogen) atoms. The third kappa shape index (κ3) is 3.54. The van der Waals surface area contributed by atoms with Gasteiger partial charge in [0.1, 0.15) is 0 Å². The molecule has 0 aliphatic carbocycles. The molecule has 0 bridgehead atoms. The van der Waals surface area contributed by atoms with Crippen LogP contribution in [-0.2, 0) is 4.79 Å². The first-order valence-corrected chi connectivity index (χ1v) is 5.54. The zero-order valence-corrected chi connectivity index (χ0v) is 10.5. The minimum Gasteiger partial charge on any atom is -0.481 e. The number of aliphatic imine (C=N–C) groups is 1. The van der Waals surface area contributed by atoms with Crippen molar-refractivity contribution in [2.45, 2.75) is 19.4 Å². The van der Waals surface area contributed by atoms with Gasteiger partial charge in [-0.15, -0.1) is 0 Å². The molecule has 0 saturated carbocycles. The maximum Gasteiger partial charge on any atom is 0.305 e. The molecule has 0 radical (unpaired) electrons. The highest BCUT2D eigenvalue weighted by Crippen LogP contribution is 2.23. The second-order valence-electron chi connectivity index (χ2n) is 3.75. The molecule has 92 valence electrons. The number of carboxylic acid groups (broad SMARTS) is 1. The second-order valence-corrected chi connectivity index (χ2v) is 4.16. The smallest absolute Gasteiger partial charge is 0.305 e. The minimum atomic E-state index is -0.927. The Labute approximate surface area is 105 Å². The van der Waals surface area contributed by atoms with Crippen LogP contribution in [0.15, 0.2) is 23.2 Å². The number of nitrogens with two attached hydrogens (primary N) is 1. The zero-order chi connectivity index (χ0) is 13.0. The zero-order valence-electron chi connectivity index (χ0n) is 9.77. The van der Waals surface area contributed by atoms with E-state index in [1.807, 2.05) is 13.0 Å². The first kappa shape index (κ1) is 13.7. The van der Waals surface area contributed by atoms with Crippen molar-refractivity contribution < 1.29 is 9.90 Å². The van der Waals surface area contributed by atoms with Gasteiger partial charge in [0.2, 0.25) is 0 Å². The van der Waals surface area contributed by atoms with Crippen molar-refractivity contribution in [3.05, 3.63) is 34.3 Å². The standard InChI is InChI=1S/C12H15ClN2O2/c1-7(15-2)9-4-3-8(5-10(9)13)11(14)6-12(16)17/h3-5,11H,6,14H2,1-2H3,(H,16,17). The fraction of sp³-hybridized carbons (Fsp3) is 0.333. The van der Waals surface area contributed by atoms with Crippen molar-refractivity contribution in [1.82, 2.24) is 0 Å². The van der Waals surface area contributed by atoms with E-state index >= 15 is 0 Å². The number of aliphatic carboxylic acids is 1. The summed E-state index contributed by atoms with van der Waals surface area (Å²) < 4.78 is 0. The van der Waals surface area contributed by atoms with Crippen LogP contribution in [0.4, 0.5) is 0 Å². The number of carboxylic acids is 1. The highest BCUT2D eigenvalue weighted by Gasteiger charge is 2.12. The van der Waals surface area contributed by atoms with Crippen LogP contribution in [0.25, 0.3) is 0 Å². The Morgan fingerprint density at radius 2 is 2.24 bits per heavy atom. The van der Waals surface area contributed by atoms with Gasteiger partial charge in [-0.25, -0.2) is 0 Å². The lowest BCUT2D eigenvalue weighted by molar-refractivity contribution is -0.137. The topological polar surface area (TPSA) is 75.7 Å². The summed E-state index contributed by atoms with van der Waals surface area (Å²) in [6, 6.07) is 4.74. The molecular formula is C12H15ClN2O2. The van der Waals surface area contributed by atoms with Crippen molar-refractivity contribution in [2.75, 3.05) is 7.05 Å². The number of carbonyl (C=O) groups is 1. The third-order valence-electron chi connectivity index (χ3n) is 2.54. The molecule has 0 fully saturated rings. The lowest BCUT2D eigenvalue weighted by Gasteiger charge is -2.11. The highest BCUT2D eigenvalue weighted by atomic mass is 35.5. The van der Waals surface area contributed by atoms with E-state index in [-0.39, 0.29) is 6.42 Å². The van der Waals surface area contributed by atoms with Crippen molar-refractivity contribution in [2.24, 2.45) is 10.7 Å². The molecule has 1 aromatic rings. The van der Waals surface area contributed by atoms with Crippen LogP contribution >= 0.6 is 11.6 Å². The third-order valence-corrected chi connectivity index (χ3v) is 2.85. The fourth-order valence-electron chi connectivity index (χ4n) is 1.48. The van der Waals surface area contributed by atoms with E-state index < -0.39 is 12.0 Å². The molecule has 0 amide bonds. The molecule has 1 atom stereocenters. The van der Waals surface area contributed by atoms with E-state index in [9.17, 15) is 4.79 Å². The van der Waals surface area contributed by atoms with Gasteiger partial charge in [-0.3, -0.25) is 9.79 Å². The molecule has 1 aromatic carbocycles. The molecule has 0 spiro atoms. The van der Waals surface area contributed by atoms with Gasteiger partial charge >= 0.3 is 5.97 Å². The van der Waals surface area contributed by atoms with Gasteiger partial charge in [-0.2, -0.15) is 0 Å². The largest absolute Gasteiger partial charge is 0.481 e. The van der Waals surface area contributed by atoms with Crippen molar-refractivity contribution in [1.29, 1.82) is 0 Å². The molecule has 0 aliphatic rings. The van der Waals surface area contributed by atoms with Gasteiger partial charge in [0, 0.05) is 29.4 Å². The number of hydrogen-bond donors (Lipinski definition) is 2. The number of hydrogen-bond acceptors (Lipinski definition) is 3. The fourth-order valence-corrected chi connectivity index (χ4v) is 1.81. The maximum atomic E-state index is 10.6.